The van der Waals surface area contributed by atoms with Gasteiger partial charge in [0, 0.05) is 31.1 Å². The molecule has 2 N–H and O–H groups in total. The highest BCUT2D eigenvalue weighted by molar-refractivity contribution is 5.59. The minimum absolute atomic E-state index is 0.0839. The van der Waals surface area contributed by atoms with Crippen LogP contribution in [0, 0.1) is 0 Å². The Bertz CT molecular complexity index is 460. The van der Waals surface area contributed by atoms with Crippen LogP contribution in [0.15, 0.2) is 18.2 Å². The van der Waals surface area contributed by atoms with E-state index in [0.29, 0.717) is 18.8 Å². The van der Waals surface area contributed by atoms with E-state index in [0.717, 1.165) is 25.5 Å². The highest BCUT2D eigenvalue weighted by atomic mass is 19.4. The van der Waals surface area contributed by atoms with E-state index in [2.05, 4.69) is 0 Å². The van der Waals surface area contributed by atoms with Gasteiger partial charge in [-0.2, -0.15) is 13.2 Å². The van der Waals surface area contributed by atoms with Crippen molar-refractivity contribution in [3.8, 4) is 0 Å². The van der Waals surface area contributed by atoms with Gasteiger partial charge >= 0.3 is 6.18 Å². The van der Waals surface area contributed by atoms with Crippen LogP contribution in [-0.4, -0.2) is 25.8 Å². The third-order valence-electron chi connectivity index (χ3n) is 3.49. The van der Waals surface area contributed by atoms with Gasteiger partial charge in [-0.05, 0) is 38.0 Å². The number of hydrogen-bond acceptors (Lipinski definition) is 3. The Morgan fingerprint density at radius 3 is 2.80 bits per heavy atom. The van der Waals surface area contributed by atoms with Crippen molar-refractivity contribution in [2.75, 3.05) is 30.3 Å². The molecular weight excluding hydrogens is 269 g/mol. The van der Waals surface area contributed by atoms with E-state index in [4.69, 9.17) is 10.5 Å². The van der Waals surface area contributed by atoms with Gasteiger partial charge in [0.25, 0.3) is 0 Å². The van der Waals surface area contributed by atoms with Gasteiger partial charge in [0.05, 0.1) is 11.7 Å². The molecular formula is C14H19F3N2O. The molecule has 0 amide bonds. The number of nitrogens with zero attached hydrogens (tertiary/aromatic N) is 1. The first kappa shape index (κ1) is 15.0. The van der Waals surface area contributed by atoms with Crippen molar-refractivity contribution in [2.45, 2.75) is 32.0 Å². The predicted octanol–water partition coefficient (Wildman–Crippen LogP) is 3.29. The largest absolute Gasteiger partial charge is 0.418 e. The summed E-state index contributed by atoms with van der Waals surface area (Å²) in [6, 6.07) is 4.09. The number of rotatable bonds is 3. The van der Waals surface area contributed by atoms with Crippen LogP contribution in [0.1, 0.15) is 25.3 Å². The summed E-state index contributed by atoms with van der Waals surface area (Å²) in [5, 5.41) is 0. The molecule has 0 bridgehead atoms. The maximum atomic E-state index is 12.9. The molecule has 1 aliphatic heterocycles. The maximum absolute atomic E-state index is 12.9. The number of ether oxygens (including phenoxy) is 1. The molecule has 1 unspecified atom stereocenters. The third-order valence-corrected chi connectivity index (χ3v) is 3.49. The highest BCUT2D eigenvalue weighted by Crippen LogP contribution is 2.36. The summed E-state index contributed by atoms with van der Waals surface area (Å²) in [7, 11) is 0. The Morgan fingerprint density at radius 1 is 1.40 bits per heavy atom. The fraction of sp³-hybridized carbons (Fsp3) is 0.571. The monoisotopic (exact) mass is 288 g/mol. The number of piperidine rings is 1. The lowest BCUT2D eigenvalue weighted by atomic mass is 10.1. The molecule has 0 radical (unpaired) electrons. The summed E-state index contributed by atoms with van der Waals surface area (Å²) in [5.74, 6) is 0. The van der Waals surface area contributed by atoms with Gasteiger partial charge in [0.1, 0.15) is 0 Å². The van der Waals surface area contributed by atoms with Gasteiger partial charge in [0.2, 0.25) is 0 Å². The lowest BCUT2D eigenvalue weighted by molar-refractivity contribution is -0.136. The minimum atomic E-state index is -4.42. The smallest absolute Gasteiger partial charge is 0.398 e. The normalized spacial score (nSPS) is 20.2. The molecule has 0 spiro atoms. The molecule has 6 heteroatoms. The lowest BCUT2D eigenvalue weighted by Gasteiger charge is -2.34. The standard InChI is InChI=1S/C14H19F3N2O/c1-2-20-11-4-3-7-19(9-11)10-5-6-13(18)12(8-10)14(15,16)17/h5-6,8,11H,2-4,7,9,18H2,1H3. The second-order valence-electron chi connectivity index (χ2n) is 4.93. The zero-order valence-electron chi connectivity index (χ0n) is 11.4. The van der Waals surface area contributed by atoms with Gasteiger partial charge in [-0.25, -0.2) is 0 Å². The molecule has 2 rings (SSSR count). The van der Waals surface area contributed by atoms with E-state index < -0.39 is 11.7 Å². The van der Waals surface area contributed by atoms with Gasteiger partial charge in [0.15, 0.2) is 0 Å². The average molecular weight is 288 g/mol. The maximum Gasteiger partial charge on any atom is 0.418 e. The Hall–Kier alpha value is -1.43. The molecule has 0 aromatic heterocycles. The van der Waals surface area contributed by atoms with Crippen LogP contribution in [0.25, 0.3) is 0 Å². The van der Waals surface area contributed by atoms with Crippen LogP contribution in [0.4, 0.5) is 24.5 Å². The van der Waals surface area contributed by atoms with Crippen molar-refractivity contribution in [2.24, 2.45) is 0 Å². The van der Waals surface area contributed by atoms with Gasteiger partial charge in [-0.1, -0.05) is 0 Å². The van der Waals surface area contributed by atoms with Crippen LogP contribution in [0.5, 0.6) is 0 Å². The molecule has 1 atom stereocenters. The van der Waals surface area contributed by atoms with Gasteiger partial charge in [-0.3, -0.25) is 0 Å². The van der Waals surface area contributed by atoms with E-state index in [1.54, 1.807) is 6.07 Å². The van der Waals surface area contributed by atoms with Crippen LogP contribution < -0.4 is 10.6 Å². The number of hydrogen-bond donors (Lipinski definition) is 1. The fourth-order valence-corrected chi connectivity index (χ4v) is 2.53. The second kappa shape index (κ2) is 5.91. The number of nitrogen functional groups attached to an aromatic ring is 1. The van der Waals surface area contributed by atoms with Crippen LogP contribution >= 0.6 is 0 Å². The molecule has 1 saturated heterocycles. The predicted molar refractivity (Wildman–Crippen MR) is 72.7 cm³/mol. The quantitative estimate of drug-likeness (QED) is 0.867. The molecule has 3 nitrogen and oxygen atoms in total. The van der Waals surface area contributed by atoms with Crippen LogP contribution in [-0.2, 0) is 10.9 Å². The molecule has 1 aromatic carbocycles. The van der Waals surface area contributed by atoms with Gasteiger partial charge in [-0.15, -0.1) is 0 Å². The molecule has 20 heavy (non-hydrogen) atoms. The van der Waals surface area contributed by atoms with E-state index >= 15 is 0 Å². The first-order valence-corrected chi connectivity index (χ1v) is 6.75. The molecule has 112 valence electrons. The molecule has 1 aromatic rings. The minimum Gasteiger partial charge on any atom is -0.398 e. The van der Waals surface area contributed by atoms with Gasteiger partial charge < -0.3 is 15.4 Å². The summed E-state index contributed by atoms with van der Waals surface area (Å²) in [5.41, 5.74) is 4.96. The van der Waals surface area contributed by atoms with E-state index in [1.165, 1.54) is 6.07 Å². The zero-order chi connectivity index (χ0) is 14.8. The lowest BCUT2D eigenvalue weighted by Crippen LogP contribution is -2.39. The van der Waals surface area contributed by atoms with E-state index in [9.17, 15) is 13.2 Å². The number of anilines is 2. The number of nitrogens with two attached hydrogens (primary N) is 1. The Morgan fingerprint density at radius 2 is 2.15 bits per heavy atom. The Balaban J connectivity index is 2.20. The first-order valence-electron chi connectivity index (χ1n) is 6.75. The third kappa shape index (κ3) is 3.36. The fourth-order valence-electron chi connectivity index (χ4n) is 2.53. The molecule has 0 aliphatic carbocycles. The van der Waals surface area contributed by atoms with Crippen LogP contribution in [0.3, 0.4) is 0 Å². The average Bonchev–Trinajstić information content (AvgIpc) is 2.38. The summed E-state index contributed by atoms with van der Waals surface area (Å²) < 4.78 is 44.2. The zero-order valence-corrected chi connectivity index (χ0v) is 11.4. The SMILES string of the molecule is CCOC1CCCN(c2ccc(N)c(C(F)(F)F)c2)C1. The second-order valence-corrected chi connectivity index (χ2v) is 4.93. The number of halogens is 3. The van der Waals surface area contributed by atoms with E-state index in [1.807, 2.05) is 11.8 Å². The molecule has 0 saturated carbocycles. The summed E-state index contributed by atoms with van der Waals surface area (Å²) in [6.07, 6.45) is -2.47. The molecule has 1 aliphatic rings. The summed E-state index contributed by atoms with van der Waals surface area (Å²) >= 11 is 0. The van der Waals surface area contributed by atoms with Crippen molar-refractivity contribution >= 4 is 11.4 Å². The Labute approximate surface area is 116 Å². The summed E-state index contributed by atoms with van der Waals surface area (Å²) in [6.45, 7) is 3.90. The number of alkyl halides is 3. The van der Waals surface area contributed by atoms with Crippen molar-refractivity contribution in [3.63, 3.8) is 0 Å². The Kier molecular flexibility index (Phi) is 4.42. The van der Waals surface area contributed by atoms with Crippen molar-refractivity contribution in [1.29, 1.82) is 0 Å². The number of benzene rings is 1. The van der Waals surface area contributed by atoms with E-state index in [-0.39, 0.29) is 11.8 Å². The van der Waals surface area contributed by atoms with Crippen LogP contribution in [0.2, 0.25) is 0 Å². The van der Waals surface area contributed by atoms with Crippen molar-refractivity contribution < 1.29 is 17.9 Å². The first-order chi connectivity index (χ1) is 9.41. The molecule has 1 fully saturated rings. The molecule has 1 heterocycles. The topological polar surface area (TPSA) is 38.5 Å². The van der Waals surface area contributed by atoms with Crippen molar-refractivity contribution in [1.82, 2.24) is 0 Å². The highest BCUT2D eigenvalue weighted by Gasteiger charge is 2.33. The summed E-state index contributed by atoms with van der Waals surface area (Å²) in [4.78, 5) is 1.93. The van der Waals surface area contributed by atoms with Crippen molar-refractivity contribution in [3.05, 3.63) is 23.8 Å².